The molecular formula is C14H18ClFN2O3. The first-order chi connectivity index (χ1) is 9.85. The molecule has 1 aromatic carbocycles. The summed E-state index contributed by atoms with van der Waals surface area (Å²) in [5.74, 6) is -2.29. The second-order valence-electron chi connectivity index (χ2n) is 4.75. The monoisotopic (exact) mass is 316 g/mol. The summed E-state index contributed by atoms with van der Waals surface area (Å²) in [6, 6.07) is 2.97. The molecule has 0 unspecified atom stereocenters. The summed E-state index contributed by atoms with van der Waals surface area (Å²) in [5, 5.41) is 14.4. The van der Waals surface area contributed by atoms with Crippen molar-refractivity contribution < 1.29 is 19.1 Å². The van der Waals surface area contributed by atoms with Gasteiger partial charge in [0.05, 0.1) is 12.2 Å². The lowest BCUT2D eigenvalue weighted by Crippen LogP contribution is -2.45. The van der Waals surface area contributed by atoms with E-state index >= 15 is 0 Å². The van der Waals surface area contributed by atoms with Crippen molar-refractivity contribution in [3.63, 3.8) is 0 Å². The predicted octanol–water partition coefficient (Wildman–Crippen LogP) is 2.51. The van der Waals surface area contributed by atoms with Crippen LogP contribution in [0.25, 0.3) is 0 Å². The Labute approximate surface area is 127 Å². The molecule has 0 aromatic heterocycles. The van der Waals surface area contributed by atoms with Crippen LogP contribution in [0.1, 0.15) is 20.3 Å². The Morgan fingerprint density at radius 2 is 2.10 bits per heavy atom. The number of nitrogens with one attached hydrogen (secondary N) is 2. The molecule has 0 saturated carbocycles. The van der Waals surface area contributed by atoms with Crippen molar-refractivity contribution in [3.05, 3.63) is 29.0 Å². The van der Waals surface area contributed by atoms with Crippen LogP contribution in [-0.4, -0.2) is 29.6 Å². The molecule has 0 heterocycles. The van der Waals surface area contributed by atoms with Crippen LogP contribution in [0.5, 0.6) is 0 Å². The van der Waals surface area contributed by atoms with Gasteiger partial charge in [0.15, 0.2) is 0 Å². The van der Waals surface area contributed by atoms with E-state index < -0.39 is 23.7 Å². The van der Waals surface area contributed by atoms with Crippen LogP contribution < -0.4 is 10.6 Å². The van der Waals surface area contributed by atoms with E-state index in [1.807, 2.05) is 6.92 Å². The van der Waals surface area contributed by atoms with Gasteiger partial charge in [-0.15, -0.1) is 0 Å². The highest BCUT2D eigenvalue weighted by atomic mass is 35.5. The molecule has 0 fully saturated rings. The van der Waals surface area contributed by atoms with Gasteiger partial charge >= 0.3 is 5.97 Å². The van der Waals surface area contributed by atoms with Crippen molar-refractivity contribution >= 4 is 29.2 Å². The summed E-state index contributed by atoms with van der Waals surface area (Å²) in [6.45, 7) is 3.41. The van der Waals surface area contributed by atoms with Gasteiger partial charge in [-0.1, -0.05) is 31.9 Å². The standard InChI is InChI=1S/C14H18ClFN2O3/c1-3-8(2)13(14(20)21)17-7-12(19)18-11-6-9(15)4-5-10(11)16/h4-6,8,13,17H,3,7H2,1-2H3,(H,18,19)(H,20,21)/t8-,13-/m0/s1. The number of anilines is 1. The zero-order valence-electron chi connectivity index (χ0n) is 11.8. The van der Waals surface area contributed by atoms with E-state index in [2.05, 4.69) is 10.6 Å². The van der Waals surface area contributed by atoms with Gasteiger partial charge in [0, 0.05) is 5.02 Å². The number of hydrogen-bond donors (Lipinski definition) is 3. The number of rotatable bonds is 7. The Kier molecular flexibility index (Phi) is 6.58. The molecule has 0 bridgehead atoms. The third kappa shape index (κ3) is 5.32. The van der Waals surface area contributed by atoms with Gasteiger partial charge < -0.3 is 10.4 Å². The van der Waals surface area contributed by atoms with Crippen LogP contribution in [0, 0.1) is 11.7 Å². The van der Waals surface area contributed by atoms with Crippen LogP contribution >= 0.6 is 11.6 Å². The van der Waals surface area contributed by atoms with E-state index in [1.54, 1.807) is 6.92 Å². The number of carbonyl (C=O) groups is 2. The smallest absolute Gasteiger partial charge is 0.320 e. The van der Waals surface area contributed by atoms with Crippen molar-refractivity contribution in [1.82, 2.24) is 5.32 Å². The summed E-state index contributed by atoms with van der Waals surface area (Å²) < 4.78 is 13.5. The van der Waals surface area contributed by atoms with E-state index in [1.165, 1.54) is 12.1 Å². The number of carbonyl (C=O) groups excluding carboxylic acids is 1. The van der Waals surface area contributed by atoms with Crippen LogP contribution in [0.15, 0.2) is 18.2 Å². The fraction of sp³-hybridized carbons (Fsp3) is 0.429. The van der Waals surface area contributed by atoms with E-state index in [-0.39, 0.29) is 18.2 Å². The Hall–Kier alpha value is -1.66. The zero-order chi connectivity index (χ0) is 16.0. The van der Waals surface area contributed by atoms with Crippen molar-refractivity contribution in [1.29, 1.82) is 0 Å². The number of aliphatic carboxylic acids is 1. The van der Waals surface area contributed by atoms with Crippen molar-refractivity contribution in [2.24, 2.45) is 5.92 Å². The minimum absolute atomic E-state index is 0.0373. The van der Waals surface area contributed by atoms with E-state index in [4.69, 9.17) is 16.7 Å². The quantitative estimate of drug-likeness (QED) is 0.722. The molecule has 116 valence electrons. The number of benzene rings is 1. The summed E-state index contributed by atoms with van der Waals surface area (Å²) in [6.07, 6.45) is 0.661. The third-order valence-corrected chi connectivity index (χ3v) is 3.40. The predicted molar refractivity (Wildman–Crippen MR) is 78.9 cm³/mol. The maximum Gasteiger partial charge on any atom is 0.320 e. The van der Waals surface area contributed by atoms with Gasteiger partial charge in [-0.3, -0.25) is 14.9 Å². The highest BCUT2D eigenvalue weighted by Gasteiger charge is 2.23. The molecule has 1 amide bonds. The second-order valence-corrected chi connectivity index (χ2v) is 5.19. The van der Waals surface area contributed by atoms with Crippen LogP contribution in [0.2, 0.25) is 5.02 Å². The van der Waals surface area contributed by atoms with Gasteiger partial charge in [0.2, 0.25) is 5.91 Å². The molecule has 7 heteroatoms. The molecule has 0 aliphatic carbocycles. The van der Waals surface area contributed by atoms with Gasteiger partial charge in [0.25, 0.3) is 0 Å². The average molecular weight is 317 g/mol. The molecule has 0 aliphatic rings. The lowest BCUT2D eigenvalue weighted by Gasteiger charge is -2.19. The average Bonchev–Trinajstić information content (AvgIpc) is 2.42. The Morgan fingerprint density at radius 3 is 2.67 bits per heavy atom. The number of halogens is 2. The lowest BCUT2D eigenvalue weighted by atomic mass is 9.99. The number of carboxylic acid groups (broad SMARTS) is 1. The van der Waals surface area contributed by atoms with Gasteiger partial charge in [-0.25, -0.2) is 4.39 Å². The fourth-order valence-corrected chi connectivity index (χ4v) is 1.93. The topological polar surface area (TPSA) is 78.4 Å². The molecular weight excluding hydrogens is 299 g/mol. The lowest BCUT2D eigenvalue weighted by molar-refractivity contribution is -0.140. The first-order valence-electron chi connectivity index (χ1n) is 6.56. The van der Waals surface area contributed by atoms with Crippen LogP contribution in [-0.2, 0) is 9.59 Å². The van der Waals surface area contributed by atoms with Crippen molar-refractivity contribution in [2.75, 3.05) is 11.9 Å². The Morgan fingerprint density at radius 1 is 1.43 bits per heavy atom. The van der Waals surface area contributed by atoms with Crippen LogP contribution in [0.3, 0.4) is 0 Å². The molecule has 0 aliphatic heterocycles. The summed E-state index contributed by atoms with van der Waals surface area (Å²) in [5.41, 5.74) is -0.0373. The van der Waals surface area contributed by atoms with Gasteiger partial charge in [0.1, 0.15) is 11.9 Å². The molecule has 2 atom stereocenters. The molecule has 0 saturated heterocycles. The largest absolute Gasteiger partial charge is 0.480 e. The number of amides is 1. The van der Waals surface area contributed by atoms with E-state index in [9.17, 15) is 14.0 Å². The molecule has 21 heavy (non-hydrogen) atoms. The molecule has 3 N–H and O–H groups in total. The van der Waals surface area contributed by atoms with Gasteiger partial charge in [-0.2, -0.15) is 0 Å². The number of carboxylic acids is 1. The first-order valence-corrected chi connectivity index (χ1v) is 6.94. The Balaban J connectivity index is 2.61. The second kappa shape index (κ2) is 7.95. The molecule has 0 radical (unpaired) electrons. The summed E-state index contributed by atoms with van der Waals surface area (Å²) in [7, 11) is 0. The maximum absolute atomic E-state index is 13.5. The van der Waals surface area contributed by atoms with Crippen molar-refractivity contribution in [2.45, 2.75) is 26.3 Å². The molecule has 1 rings (SSSR count). The molecule has 5 nitrogen and oxygen atoms in total. The molecule has 1 aromatic rings. The summed E-state index contributed by atoms with van der Waals surface area (Å²) in [4.78, 5) is 22.8. The minimum Gasteiger partial charge on any atom is -0.480 e. The first kappa shape index (κ1) is 17.4. The zero-order valence-corrected chi connectivity index (χ0v) is 12.6. The SMILES string of the molecule is CC[C@H](C)[C@H](NCC(=O)Nc1cc(Cl)ccc1F)C(=O)O. The minimum atomic E-state index is -1.02. The van der Waals surface area contributed by atoms with Gasteiger partial charge in [-0.05, 0) is 24.1 Å². The normalized spacial score (nSPS) is 13.5. The van der Waals surface area contributed by atoms with Crippen LogP contribution in [0.4, 0.5) is 10.1 Å². The Bertz CT molecular complexity index is 525. The summed E-state index contributed by atoms with van der Waals surface area (Å²) >= 11 is 5.72. The van der Waals surface area contributed by atoms with Crippen molar-refractivity contribution in [3.8, 4) is 0 Å². The van der Waals surface area contributed by atoms with E-state index in [0.717, 1.165) is 6.07 Å². The van der Waals surface area contributed by atoms with E-state index in [0.29, 0.717) is 11.4 Å². The maximum atomic E-state index is 13.5. The highest BCUT2D eigenvalue weighted by Crippen LogP contribution is 2.19. The highest BCUT2D eigenvalue weighted by molar-refractivity contribution is 6.30. The molecule has 0 spiro atoms. The third-order valence-electron chi connectivity index (χ3n) is 3.16. The fourth-order valence-electron chi connectivity index (χ4n) is 1.76. The number of hydrogen-bond acceptors (Lipinski definition) is 3.